The zero-order valence-electron chi connectivity index (χ0n) is 11.4. The normalized spacial score (nSPS) is 10.9. The van der Waals surface area contributed by atoms with Gasteiger partial charge in [-0.1, -0.05) is 18.2 Å². The second-order valence-electron chi connectivity index (χ2n) is 4.84. The average molecular weight is 266 g/mol. The third kappa shape index (κ3) is 2.32. The lowest BCUT2D eigenvalue weighted by atomic mass is 10.1. The van der Waals surface area contributed by atoms with E-state index in [0.29, 0.717) is 5.82 Å². The van der Waals surface area contributed by atoms with Crippen molar-refractivity contribution in [2.45, 2.75) is 20.3 Å². The van der Waals surface area contributed by atoms with E-state index in [1.54, 1.807) is 13.2 Å². The van der Waals surface area contributed by atoms with Crippen LogP contribution in [0.2, 0.25) is 0 Å². The van der Waals surface area contributed by atoms with Gasteiger partial charge in [0.1, 0.15) is 23.5 Å². The van der Waals surface area contributed by atoms with Crippen LogP contribution in [0.4, 0.5) is 0 Å². The zero-order chi connectivity index (χ0) is 14.1. The molecule has 3 aromatic rings. The number of benzene rings is 1. The third-order valence-corrected chi connectivity index (χ3v) is 3.06. The predicted molar refractivity (Wildman–Crippen MR) is 76.4 cm³/mol. The molecule has 0 amide bonds. The van der Waals surface area contributed by atoms with Gasteiger partial charge in [0.15, 0.2) is 0 Å². The van der Waals surface area contributed by atoms with Crippen LogP contribution in [0, 0.1) is 6.92 Å². The van der Waals surface area contributed by atoms with Crippen LogP contribution in [0.1, 0.15) is 18.4 Å². The van der Waals surface area contributed by atoms with Crippen LogP contribution < -0.4 is 0 Å². The highest BCUT2D eigenvalue weighted by Gasteiger charge is 2.11. The molecule has 0 N–H and O–H groups in total. The minimum atomic E-state index is 0.0543. The number of hydrogen-bond donors (Lipinski definition) is 0. The monoisotopic (exact) mass is 266 g/mol. The van der Waals surface area contributed by atoms with Crippen LogP contribution in [0.15, 0.2) is 41.0 Å². The van der Waals surface area contributed by atoms with Crippen LogP contribution in [-0.4, -0.2) is 15.8 Å². The number of carbonyl (C=O) groups is 1. The highest BCUT2D eigenvalue weighted by molar-refractivity contribution is 5.92. The van der Waals surface area contributed by atoms with Crippen molar-refractivity contribution in [1.29, 1.82) is 0 Å². The molecule has 0 aliphatic heterocycles. The largest absolute Gasteiger partial charge is 0.464 e. The van der Waals surface area contributed by atoms with Crippen molar-refractivity contribution in [3.63, 3.8) is 0 Å². The van der Waals surface area contributed by atoms with Gasteiger partial charge in [-0.05, 0) is 26.0 Å². The Morgan fingerprint density at radius 3 is 2.85 bits per heavy atom. The van der Waals surface area contributed by atoms with Crippen LogP contribution >= 0.6 is 0 Å². The van der Waals surface area contributed by atoms with Crippen molar-refractivity contribution in [2.75, 3.05) is 0 Å². The quantitative estimate of drug-likeness (QED) is 0.729. The second kappa shape index (κ2) is 4.89. The standard InChI is InChI=1S/C16H14N2O2/c1-10-7-14(18-16(17-10)8-11(2)19)13-9-20-15-6-4-3-5-12(13)15/h3-7,9H,8H2,1-2H3. The molecule has 0 radical (unpaired) electrons. The molecule has 0 unspecified atom stereocenters. The molecular weight excluding hydrogens is 252 g/mol. The fraction of sp³-hybridized carbons (Fsp3) is 0.188. The number of ketones is 1. The number of hydrogen-bond acceptors (Lipinski definition) is 4. The minimum Gasteiger partial charge on any atom is -0.464 e. The number of aryl methyl sites for hydroxylation is 1. The van der Waals surface area contributed by atoms with Gasteiger partial charge in [0.2, 0.25) is 0 Å². The highest BCUT2D eigenvalue weighted by atomic mass is 16.3. The Morgan fingerprint density at radius 2 is 2.05 bits per heavy atom. The summed E-state index contributed by atoms with van der Waals surface area (Å²) in [4.78, 5) is 20.0. The third-order valence-electron chi connectivity index (χ3n) is 3.06. The Labute approximate surface area is 116 Å². The maximum absolute atomic E-state index is 11.2. The summed E-state index contributed by atoms with van der Waals surface area (Å²) >= 11 is 0. The van der Waals surface area contributed by atoms with Crippen molar-refractivity contribution < 1.29 is 9.21 Å². The number of carbonyl (C=O) groups excluding carboxylic acids is 1. The average Bonchev–Trinajstić information content (AvgIpc) is 2.80. The SMILES string of the molecule is CC(=O)Cc1nc(C)cc(-c2coc3ccccc23)n1. The summed E-state index contributed by atoms with van der Waals surface area (Å²) in [7, 11) is 0. The molecule has 1 aromatic carbocycles. The Morgan fingerprint density at radius 1 is 1.25 bits per heavy atom. The van der Waals surface area contributed by atoms with E-state index in [1.807, 2.05) is 37.3 Å². The van der Waals surface area contributed by atoms with Crippen molar-refractivity contribution in [2.24, 2.45) is 0 Å². The van der Waals surface area contributed by atoms with Crippen molar-refractivity contribution in [1.82, 2.24) is 9.97 Å². The Bertz CT molecular complexity index is 790. The van der Waals surface area contributed by atoms with Gasteiger partial charge in [-0.3, -0.25) is 4.79 Å². The molecule has 0 aliphatic carbocycles. The van der Waals surface area contributed by atoms with Gasteiger partial charge in [0, 0.05) is 16.6 Å². The number of para-hydroxylation sites is 1. The number of rotatable bonds is 3. The van der Waals surface area contributed by atoms with E-state index >= 15 is 0 Å². The zero-order valence-corrected chi connectivity index (χ0v) is 11.4. The van der Waals surface area contributed by atoms with E-state index in [9.17, 15) is 4.79 Å². The van der Waals surface area contributed by atoms with Crippen LogP contribution in [0.25, 0.3) is 22.2 Å². The van der Waals surface area contributed by atoms with Gasteiger partial charge >= 0.3 is 0 Å². The van der Waals surface area contributed by atoms with Gasteiger partial charge in [0.05, 0.1) is 12.1 Å². The van der Waals surface area contributed by atoms with Gasteiger partial charge in [-0.15, -0.1) is 0 Å². The van der Waals surface area contributed by atoms with Crippen LogP contribution in [-0.2, 0) is 11.2 Å². The fourth-order valence-corrected chi connectivity index (χ4v) is 2.25. The molecule has 3 rings (SSSR count). The summed E-state index contributed by atoms with van der Waals surface area (Å²) in [6.45, 7) is 3.44. The van der Waals surface area contributed by atoms with Gasteiger partial charge in [-0.2, -0.15) is 0 Å². The van der Waals surface area contributed by atoms with Crippen LogP contribution in [0.5, 0.6) is 0 Å². The van der Waals surface area contributed by atoms with Gasteiger partial charge < -0.3 is 4.42 Å². The van der Waals surface area contributed by atoms with Gasteiger partial charge in [-0.25, -0.2) is 9.97 Å². The summed E-state index contributed by atoms with van der Waals surface area (Å²) in [5.74, 6) is 0.608. The van der Waals surface area contributed by atoms with E-state index in [4.69, 9.17) is 4.42 Å². The van der Waals surface area contributed by atoms with E-state index in [2.05, 4.69) is 9.97 Å². The highest BCUT2D eigenvalue weighted by Crippen LogP contribution is 2.29. The molecule has 4 heteroatoms. The van der Waals surface area contributed by atoms with Crippen molar-refractivity contribution in [3.05, 3.63) is 48.1 Å². The Hall–Kier alpha value is -2.49. The summed E-state index contributed by atoms with van der Waals surface area (Å²) in [5, 5.41) is 1.01. The number of Topliss-reactive ketones (excluding diaryl/α,β-unsaturated/α-hetero) is 1. The summed E-state index contributed by atoms with van der Waals surface area (Å²) in [5.41, 5.74) is 3.39. The Balaban J connectivity index is 2.14. The Kier molecular flexibility index (Phi) is 3.06. The molecule has 0 spiro atoms. The van der Waals surface area contributed by atoms with Gasteiger partial charge in [0.25, 0.3) is 0 Å². The molecule has 0 saturated carbocycles. The summed E-state index contributed by atoms with van der Waals surface area (Å²) < 4.78 is 5.54. The molecule has 20 heavy (non-hydrogen) atoms. The van der Waals surface area contributed by atoms with Crippen LogP contribution in [0.3, 0.4) is 0 Å². The lowest BCUT2D eigenvalue weighted by Gasteiger charge is -2.03. The summed E-state index contributed by atoms with van der Waals surface area (Å²) in [6, 6.07) is 9.72. The molecule has 2 aromatic heterocycles. The second-order valence-corrected chi connectivity index (χ2v) is 4.84. The molecule has 100 valence electrons. The number of fused-ring (bicyclic) bond motifs is 1. The smallest absolute Gasteiger partial charge is 0.137 e. The maximum atomic E-state index is 11.2. The van der Waals surface area contributed by atoms with E-state index in [-0.39, 0.29) is 12.2 Å². The lowest BCUT2D eigenvalue weighted by molar-refractivity contribution is -0.116. The molecule has 0 bridgehead atoms. The fourth-order valence-electron chi connectivity index (χ4n) is 2.25. The van der Waals surface area contributed by atoms with E-state index < -0.39 is 0 Å². The topological polar surface area (TPSA) is 56.0 Å². The number of nitrogens with zero attached hydrogens (tertiary/aromatic N) is 2. The maximum Gasteiger partial charge on any atom is 0.137 e. The first-order chi connectivity index (χ1) is 9.63. The predicted octanol–water partition coefficient (Wildman–Crippen LogP) is 3.33. The first kappa shape index (κ1) is 12.5. The van der Waals surface area contributed by atoms with Crippen molar-refractivity contribution >= 4 is 16.8 Å². The molecule has 0 saturated heterocycles. The van der Waals surface area contributed by atoms with Crippen molar-refractivity contribution in [3.8, 4) is 11.3 Å². The minimum absolute atomic E-state index is 0.0543. The molecule has 2 heterocycles. The molecule has 0 fully saturated rings. The van der Waals surface area contributed by atoms with E-state index in [0.717, 1.165) is 27.9 Å². The number of aromatic nitrogens is 2. The first-order valence-electron chi connectivity index (χ1n) is 6.44. The molecular formula is C16H14N2O2. The molecule has 0 aliphatic rings. The number of furan rings is 1. The molecule has 0 atom stereocenters. The molecule has 4 nitrogen and oxygen atoms in total. The summed E-state index contributed by atoms with van der Waals surface area (Å²) in [6.07, 6.45) is 1.95. The lowest BCUT2D eigenvalue weighted by Crippen LogP contribution is -2.04. The first-order valence-corrected chi connectivity index (χ1v) is 6.44. The van der Waals surface area contributed by atoms with E-state index in [1.165, 1.54) is 0 Å².